The van der Waals surface area contributed by atoms with Crippen molar-refractivity contribution in [3.8, 4) is 5.75 Å². The van der Waals surface area contributed by atoms with Gasteiger partial charge in [0.2, 0.25) is 0 Å². The minimum atomic E-state index is -0.242. The number of hydrogen-bond donors (Lipinski definition) is 2. The number of amides is 2. The highest BCUT2D eigenvalue weighted by Crippen LogP contribution is 2.26. The van der Waals surface area contributed by atoms with Crippen LogP contribution in [0.4, 0.5) is 9.93 Å². The molecule has 2 aromatic rings. The lowest BCUT2D eigenvalue weighted by Gasteiger charge is -2.10. The van der Waals surface area contributed by atoms with Crippen LogP contribution >= 0.6 is 11.3 Å². The van der Waals surface area contributed by atoms with E-state index in [9.17, 15) is 4.79 Å². The molecule has 0 bridgehead atoms. The van der Waals surface area contributed by atoms with Gasteiger partial charge in [0.05, 0.1) is 30.9 Å². The molecule has 1 aliphatic heterocycles. The van der Waals surface area contributed by atoms with E-state index in [1.54, 1.807) is 7.11 Å². The summed E-state index contributed by atoms with van der Waals surface area (Å²) < 4.78 is 10.7. The monoisotopic (exact) mass is 347 g/mol. The summed E-state index contributed by atoms with van der Waals surface area (Å²) in [6.07, 6.45) is 1.52. The number of fused-ring (bicyclic) bond motifs is 1. The second-order valence-corrected chi connectivity index (χ2v) is 6.72. The molecule has 0 aliphatic carbocycles. The first-order valence-corrected chi connectivity index (χ1v) is 8.72. The number of nitrogens with one attached hydrogen (secondary N) is 2. The number of rotatable bonds is 5. The van der Waals surface area contributed by atoms with E-state index >= 15 is 0 Å². The van der Waals surface area contributed by atoms with Gasteiger partial charge in [-0.3, -0.25) is 5.32 Å². The summed E-state index contributed by atoms with van der Waals surface area (Å²) >= 11 is 1.47. The minimum absolute atomic E-state index is 0.242. The van der Waals surface area contributed by atoms with Gasteiger partial charge in [-0.15, -0.1) is 0 Å². The maximum atomic E-state index is 12.0. The van der Waals surface area contributed by atoms with Gasteiger partial charge in [-0.2, -0.15) is 0 Å². The van der Waals surface area contributed by atoms with Crippen LogP contribution in [-0.2, 0) is 24.2 Å². The second kappa shape index (κ2) is 7.63. The number of aromatic nitrogens is 1. The Bertz CT molecular complexity index is 706. The Hall–Kier alpha value is -2.12. The normalized spacial score (nSPS) is 13.2. The van der Waals surface area contributed by atoms with Gasteiger partial charge in [0, 0.05) is 13.0 Å². The lowest BCUT2D eigenvalue weighted by atomic mass is 10.1. The van der Waals surface area contributed by atoms with Crippen LogP contribution in [0.25, 0.3) is 0 Å². The van der Waals surface area contributed by atoms with Crippen molar-refractivity contribution in [2.75, 3.05) is 25.6 Å². The zero-order valence-corrected chi connectivity index (χ0v) is 14.7. The van der Waals surface area contributed by atoms with Crippen LogP contribution < -0.4 is 15.4 Å². The van der Waals surface area contributed by atoms with E-state index in [1.165, 1.54) is 16.9 Å². The Morgan fingerprint density at radius 3 is 3.12 bits per heavy atom. The largest absolute Gasteiger partial charge is 0.496 e. The van der Waals surface area contributed by atoms with E-state index in [2.05, 4.69) is 21.7 Å². The van der Waals surface area contributed by atoms with Crippen molar-refractivity contribution < 1.29 is 14.3 Å². The molecule has 1 aromatic carbocycles. The summed E-state index contributed by atoms with van der Waals surface area (Å²) in [5.41, 5.74) is 3.29. The first kappa shape index (κ1) is 16.7. The molecule has 7 heteroatoms. The third-order valence-electron chi connectivity index (χ3n) is 3.83. The number of benzene rings is 1. The van der Waals surface area contributed by atoms with Gasteiger partial charge in [0.25, 0.3) is 0 Å². The predicted octanol–water partition coefficient (Wildman–Crippen LogP) is 2.90. The molecule has 2 amide bonds. The molecule has 0 atom stereocenters. The number of urea groups is 1. The van der Waals surface area contributed by atoms with Crippen LogP contribution in [0.2, 0.25) is 0 Å². The quantitative estimate of drug-likeness (QED) is 0.872. The molecule has 24 heavy (non-hydrogen) atoms. The van der Waals surface area contributed by atoms with Crippen molar-refractivity contribution in [2.45, 2.75) is 26.4 Å². The lowest BCUT2D eigenvalue weighted by Crippen LogP contribution is -2.30. The molecule has 128 valence electrons. The summed E-state index contributed by atoms with van der Waals surface area (Å²) in [7, 11) is 1.66. The SMILES string of the molecule is COc1ccc(C)cc1CCNC(=O)Nc1nc2c(s1)COCC2. The van der Waals surface area contributed by atoms with E-state index in [4.69, 9.17) is 9.47 Å². The van der Waals surface area contributed by atoms with E-state index in [1.807, 2.05) is 19.1 Å². The van der Waals surface area contributed by atoms with Crippen LogP contribution in [0.1, 0.15) is 21.7 Å². The highest BCUT2D eigenvalue weighted by Gasteiger charge is 2.16. The van der Waals surface area contributed by atoms with E-state index < -0.39 is 0 Å². The fourth-order valence-electron chi connectivity index (χ4n) is 2.63. The number of anilines is 1. The van der Waals surface area contributed by atoms with Crippen molar-refractivity contribution in [2.24, 2.45) is 0 Å². The van der Waals surface area contributed by atoms with E-state index in [0.29, 0.717) is 31.3 Å². The fourth-order valence-corrected chi connectivity index (χ4v) is 3.57. The Morgan fingerprint density at radius 2 is 2.33 bits per heavy atom. The lowest BCUT2D eigenvalue weighted by molar-refractivity contribution is 0.112. The zero-order chi connectivity index (χ0) is 16.9. The van der Waals surface area contributed by atoms with Crippen molar-refractivity contribution in [3.63, 3.8) is 0 Å². The highest BCUT2D eigenvalue weighted by molar-refractivity contribution is 7.15. The Kier molecular flexibility index (Phi) is 5.32. The first-order valence-electron chi connectivity index (χ1n) is 7.90. The average molecular weight is 347 g/mol. The topological polar surface area (TPSA) is 72.5 Å². The second-order valence-electron chi connectivity index (χ2n) is 5.64. The molecule has 3 rings (SSSR count). The summed E-state index contributed by atoms with van der Waals surface area (Å²) in [6.45, 7) is 3.85. The molecule has 1 aromatic heterocycles. The van der Waals surface area contributed by atoms with E-state index in [0.717, 1.165) is 28.3 Å². The number of nitrogens with zero attached hydrogens (tertiary/aromatic N) is 1. The molecule has 0 saturated carbocycles. The van der Waals surface area contributed by atoms with Gasteiger partial charge >= 0.3 is 6.03 Å². The molecule has 0 unspecified atom stereocenters. The molecular formula is C17H21N3O3S. The van der Waals surface area contributed by atoms with Gasteiger partial charge in [0.15, 0.2) is 5.13 Å². The molecule has 6 nitrogen and oxygen atoms in total. The van der Waals surface area contributed by atoms with Crippen molar-refractivity contribution in [1.82, 2.24) is 10.3 Å². The maximum Gasteiger partial charge on any atom is 0.321 e. The Balaban J connectivity index is 1.51. The van der Waals surface area contributed by atoms with Crippen LogP contribution in [0.5, 0.6) is 5.75 Å². The highest BCUT2D eigenvalue weighted by atomic mass is 32.1. The molecule has 0 radical (unpaired) electrons. The fraction of sp³-hybridized carbons (Fsp3) is 0.412. The Morgan fingerprint density at radius 1 is 1.46 bits per heavy atom. The van der Waals surface area contributed by atoms with Gasteiger partial charge < -0.3 is 14.8 Å². The third kappa shape index (κ3) is 4.04. The van der Waals surface area contributed by atoms with Crippen LogP contribution in [0, 0.1) is 6.92 Å². The summed E-state index contributed by atoms with van der Waals surface area (Å²) in [6, 6.07) is 5.80. The van der Waals surface area contributed by atoms with Gasteiger partial charge in [-0.05, 0) is 25.0 Å². The number of carbonyl (C=O) groups is 1. The molecule has 2 N–H and O–H groups in total. The number of hydrogen-bond acceptors (Lipinski definition) is 5. The molecule has 1 aliphatic rings. The summed E-state index contributed by atoms with van der Waals surface area (Å²) in [4.78, 5) is 17.6. The molecule has 0 saturated heterocycles. The zero-order valence-electron chi connectivity index (χ0n) is 13.8. The Labute approximate surface area is 145 Å². The standard InChI is InChI=1S/C17H21N3O3S/c1-11-3-4-14(22-2)12(9-11)5-7-18-16(21)20-17-19-13-6-8-23-10-15(13)24-17/h3-4,9H,5-8,10H2,1-2H3,(H2,18,19,20,21). The van der Waals surface area contributed by atoms with Crippen LogP contribution in [0.3, 0.4) is 0 Å². The third-order valence-corrected chi connectivity index (χ3v) is 4.82. The number of methoxy groups -OCH3 is 1. The van der Waals surface area contributed by atoms with Crippen LogP contribution in [-0.4, -0.2) is 31.3 Å². The molecule has 0 spiro atoms. The average Bonchev–Trinajstić information content (AvgIpc) is 2.97. The number of ether oxygens (including phenoxy) is 2. The number of aryl methyl sites for hydroxylation is 1. The van der Waals surface area contributed by atoms with Crippen LogP contribution in [0.15, 0.2) is 18.2 Å². The smallest absolute Gasteiger partial charge is 0.321 e. The molecular weight excluding hydrogens is 326 g/mol. The number of carbonyl (C=O) groups excluding carboxylic acids is 1. The predicted molar refractivity (Wildman–Crippen MR) is 93.9 cm³/mol. The van der Waals surface area contributed by atoms with Crippen molar-refractivity contribution >= 4 is 22.5 Å². The maximum absolute atomic E-state index is 12.0. The van der Waals surface area contributed by atoms with Crippen molar-refractivity contribution in [3.05, 3.63) is 39.9 Å². The summed E-state index contributed by atoms with van der Waals surface area (Å²) in [5.74, 6) is 0.843. The van der Waals surface area contributed by atoms with Crippen molar-refractivity contribution in [1.29, 1.82) is 0 Å². The first-order chi connectivity index (χ1) is 11.7. The van der Waals surface area contributed by atoms with Gasteiger partial charge in [0.1, 0.15) is 5.75 Å². The van der Waals surface area contributed by atoms with Gasteiger partial charge in [-0.25, -0.2) is 9.78 Å². The van der Waals surface area contributed by atoms with Gasteiger partial charge in [-0.1, -0.05) is 29.0 Å². The molecule has 2 heterocycles. The minimum Gasteiger partial charge on any atom is -0.496 e. The number of thiazole rings is 1. The van der Waals surface area contributed by atoms with E-state index in [-0.39, 0.29) is 6.03 Å². The molecule has 0 fully saturated rings. The summed E-state index contributed by atoms with van der Waals surface area (Å²) in [5, 5.41) is 6.28.